The number of primary amides is 1. The molecular formula is C9H13BrN2O3S2. The lowest BCUT2D eigenvalue weighted by Crippen LogP contribution is -2.45. The Morgan fingerprint density at radius 1 is 1.59 bits per heavy atom. The Morgan fingerprint density at radius 3 is 2.59 bits per heavy atom. The summed E-state index contributed by atoms with van der Waals surface area (Å²) < 4.78 is 27.2. The van der Waals surface area contributed by atoms with Crippen LogP contribution in [-0.2, 0) is 14.8 Å². The van der Waals surface area contributed by atoms with Crippen LogP contribution in [0, 0.1) is 0 Å². The van der Waals surface area contributed by atoms with E-state index in [-0.39, 0.29) is 10.6 Å². The highest BCUT2D eigenvalue weighted by atomic mass is 79.9. The summed E-state index contributed by atoms with van der Waals surface area (Å²) in [5, 5.41) is 1.67. The summed E-state index contributed by atoms with van der Waals surface area (Å²) in [5.41, 5.74) is 4.16. The van der Waals surface area contributed by atoms with Crippen LogP contribution in [-0.4, -0.2) is 19.9 Å². The number of thiophene rings is 1. The van der Waals surface area contributed by atoms with Crippen molar-refractivity contribution in [3.05, 3.63) is 15.9 Å². The molecule has 0 aliphatic rings. The van der Waals surface area contributed by atoms with Crippen LogP contribution in [0.5, 0.6) is 0 Å². The molecule has 8 heteroatoms. The number of nitrogens with two attached hydrogens (primary N) is 1. The molecule has 3 N–H and O–H groups in total. The summed E-state index contributed by atoms with van der Waals surface area (Å²) in [4.78, 5) is 10.8. The van der Waals surface area contributed by atoms with Crippen molar-refractivity contribution in [3.63, 3.8) is 0 Å². The van der Waals surface area contributed by atoms with E-state index >= 15 is 0 Å². The fourth-order valence-electron chi connectivity index (χ4n) is 1.35. The zero-order chi connectivity index (χ0) is 13.3. The molecule has 0 spiro atoms. The van der Waals surface area contributed by atoms with E-state index in [1.54, 1.807) is 25.3 Å². The molecule has 0 saturated carbocycles. The highest BCUT2D eigenvalue weighted by molar-refractivity contribution is 9.10. The average Bonchev–Trinajstić information content (AvgIpc) is 2.46. The number of halogens is 1. The van der Waals surface area contributed by atoms with Gasteiger partial charge >= 0.3 is 0 Å². The molecule has 0 aliphatic heterocycles. The fraction of sp³-hybridized carbons (Fsp3) is 0.444. The van der Waals surface area contributed by atoms with Crippen LogP contribution >= 0.6 is 27.3 Å². The van der Waals surface area contributed by atoms with E-state index in [9.17, 15) is 13.2 Å². The van der Waals surface area contributed by atoms with Crippen LogP contribution in [0.15, 0.2) is 20.1 Å². The van der Waals surface area contributed by atoms with Gasteiger partial charge in [0, 0.05) is 16.4 Å². The Kier molecular flexibility index (Phi) is 4.34. The van der Waals surface area contributed by atoms with Crippen molar-refractivity contribution in [2.45, 2.75) is 30.0 Å². The van der Waals surface area contributed by atoms with Gasteiger partial charge in [0.2, 0.25) is 5.91 Å². The lowest BCUT2D eigenvalue weighted by Gasteiger charge is -2.24. The molecule has 0 aromatic carbocycles. The normalized spacial score (nSPS) is 12.6. The lowest BCUT2D eigenvalue weighted by molar-refractivity contribution is -0.119. The van der Waals surface area contributed by atoms with Crippen LogP contribution < -0.4 is 10.5 Å². The first-order chi connectivity index (χ1) is 7.64. The van der Waals surface area contributed by atoms with Crippen molar-refractivity contribution in [1.82, 2.24) is 4.72 Å². The van der Waals surface area contributed by atoms with E-state index in [0.717, 1.165) is 11.3 Å². The van der Waals surface area contributed by atoms with E-state index in [0.29, 0.717) is 4.47 Å². The van der Waals surface area contributed by atoms with Gasteiger partial charge in [-0.25, -0.2) is 13.1 Å². The Labute approximate surface area is 113 Å². The number of hydrogen-bond acceptors (Lipinski definition) is 4. The van der Waals surface area contributed by atoms with Crippen molar-refractivity contribution in [3.8, 4) is 0 Å². The van der Waals surface area contributed by atoms with Crippen molar-refractivity contribution >= 4 is 43.2 Å². The molecule has 0 radical (unpaired) electrons. The monoisotopic (exact) mass is 340 g/mol. The molecule has 0 aliphatic carbocycles. The van der Waals surface area contributed by atoms with E-state index in [1.165, 1.54) is 0 Å². The van der Waals surface area contributed by atoms with Gasteiger partial charge in [-0.1, -0.05) is 0 Å². The maximum Gasteiger partial charge on any atom is 0.251 e. The zero-order valence-electron chi connectivity index (χ0n) is 9.36. The maximum atomic E-state index is 12.0. The van der Waals surface area contributed by atoms with Crippen LogP contribution in [0.1, 0.15) is 20.3 Å². The predicted octanol–water partition coefficient (Wildman–Crippen LogP) is 1.44. The molecule has 0 fully saturated rings. The third-order valence-corrected chi connectivity index (χ3v) is 6.22. The molecule has 0 unspecified atom stereocenters. The molecule has 0 saturated heterocycles. The highest BCUT2D eigenvalue weighted by Crippen LogP contribution is 2.28. The maximum absolute atomic E-state index is 12.0. The molecule has 17 heavy (non-hydrogen) atoms. The first-order valence-electron chi connectivity index (χ1n) is 4.69. The predicted molar refractivity (Wildman–Crippen MR) is 70.2 cm³/mol. The molecule has 1 heterocycles. The second-order valence-corrected chi connectivity index (χ2v) is 7.84. The van der Waals surface area contributed by atoms with Crippen molar-refractivity contribution in [2.75, 3.05) is 0 Å². The van der Waals surface area contributed by atoms with E-state index in [2.05, 4.69) is 20.7 Å². The van der Waals surface area contributed by atoms with Gasteiger partial charge in [0.05, 0.1) is 0 Å². The molecule has 1 aromatic rings. The topological polar surface area (TPSA) is 89.3 Å². The first kappa shape index (κ1) is 14.6. The van der Waals surface area contributed by atoms with Gasteiger partial charge in [-0.3, -0.25) is 4.79 Å². The SMILES string of the molecule is CC(C)(CC(N)=O)NS(=O)(=O)c1sccc1Br. The number of amides is 1. The number of nitrogens with one attached hydrogen (secondary N) is 1. The van der Waals surface area contributed by atoms with E-state index in [4.69, 9.17) is 5.73 Å². The number of sulfonamides is 1. The number of carbonyl (C=O) groups is 1. The molecule has 1 rings (SSSR count). The van der Waals surface area contributed by atoms with Crippen molar-refractivity contribution < 1.29 is 13.2 Å². The minimum atomic E-state index is -3.64. The van der Waals surface area contributed by atoms with Crippen LogP contribution in [0.25, 0.3) is 0 Å². The second kappa shape index (κ2) is 5.05. The van der Waals surface area contributed by atoms with E-state index < -0.39 is 21.5 Å². The summed E-state index contributed by atoms with van der Waals surface area (Å²) >= 11 is 4.26. The minimum Gasteiger partial charge on any atom is -0.370 e. The molecule has 96 valence electrons. The molecule has 5 nitrogen and oxygen atoms in total. The second-order valence-electron chi connectivity index (χ2n) is 4.19. The average molecular weight is 341 g/mol. The molecule has 1 amide bonds. The molecule has 0 bridgehead atoms. The van der Waals surface area contributed by atoms with Gasteiger partial charge in [-0.15, -0.1) is 11.3 Å². The van der Waals surface area contributed by atoms with Gasteiger partial charge in [0.1, 0.15) is 4.21 Å². The summed E-state index contributed by atoms with van der Waals surface area (Å²) in [6.45, 7) is 3.22. The van der Waals surface area contributed by atoms with Gasteiger partial charge in [0.15, 0.2) is 0 Å². The van der Waals surface area contributed by atoms with Gasteiger partial charge < -0.3 is 5.73 Å². The standard InChI is InChI=1S/C9H13BrN2O3S2/c1-9(2,5-7(11)13)12-17(14,15)8-6(10)3-4-16-8/h3-4,12H,5H2,1-2H3,(H2,11,13). The van der Waals surface area contributed by atoms with E-state index in [1.807, 2.05) is 0 Å². The fourth-order valence-corrected chi connectivity index (χ4v) is 5.10. The van der Waals surface area contributed by atoms with Gasteiger partial charge in [0.25, 0.3) is 10.0 Å². The summed E-state index contributed by atoms with van der Waals surface area (Å²) in [5.74, 6) is -0.553. The van der Waals surface area contributed by atoms with Gasteiger partial charge in [-0.05, 0) is 41.2 Å². The largest absolute Gasteiger partial charge is 0.370 e. The molecule has 0 atom stereocenters. The smallest absolute Gasteiger partial charge is 0.251 e. The lowest BCUT2D eigenvalue weighted by atomic mass is 10.0. The zero-order valence-corrected chi connectivity index (χ0v) is 12.6. The highest BCUT2D eigenvalue weighted by Gasteiger charge is 2.29. The minimum absolute atomic E-state index is 0.0603. The molecule has 1 aromatic heterocycles. The summed E-state index contributed by atoms with van der Waals surface area (Å²) in [6.07, 6.45) is -0.0603. The summed E-state index contributed by atoms with van der Waals surface area (Å²) in [6, 6.07) is 1.65. The molecular weight excluding hydrogens is 328 g/mol. The Bertz CT molecular complexity index is 522. The number of carbonyl (C=O) groups excluding carboxylic acids is 1. The summed E-state index contributed by atoms with van der Waals surface area (Å²) in [7, 11) is -3.64. The quantitative estimate of drug-likeness (QED) is 0.849. The Balaban J connectivity index is 2.95. The van der Waals surface area contributed by atoms with Crippen molar-refractivity contribution in [1.29, 1.82) is 0 Å². The third-order valence-electron chi connectivity index (χ3n) is 1.86. The number of hydrogen-bond donors (Lipinski definition) is 2. The third kappa shape index (κ3) is 4.06. The number of rotatable bonds is 5. The Morgan fingerprint density at radius 2 is 2.18 bits per heavy atom. The van der Waals surface area contributed by atoms with Gasteiger partial charge in [-0.2, -0.15) is 0 Å². The Hall–Kier alpha value is -0.440. The van der Waals surface area contributed by atoms with Crippen LogP contribution in [0.4, 0.5) is 0 Å². The van der Waals surface area contributed by atoms with Crippen LogP contribution in [0.2, 0.25) is 0 Å². The first-order valence-corrected chi connectivity index (χ1v) is 7.85. The van der Waals surface area contributed by atoms with Crippen molar-refractivity contribution in [2.24, 2.45) is 5.73 Å². The van der Waals surface area contributed by atoms with Crippen LogP contribution in [0.3, 0.4) is 0 Å².